The summed E-state index contributed by atoms with van der Waals surface area (Å²) in [7, 11) is 0. The van der Waals surface area contributed by atoms with Gasteiger partial charge in [0.2, 0.25) is 0 Å². The van der Waals surface area contributed by atoms with Crippen LogP contribution in [0.3, 0.4) is 0 Å². The van der Waals surface area contributed by atoms with E-state index in [0.29, 0.717) is 6.54 Å². The van der Waals surface area contributed by atoms with E-state index in [2.05, 4.69) is 21.2 Å². The molecular weight excluding hydrogens is 232 g/mol. The summed E-state index contributed by atoms with van der Waals surface area (Å²) in [6.45, 7) is 0.518. The summed E-state index contributed by atoms with van der Waals surface area (Å²) in [5.41, 5.74) is 7.77. The van der Waals surface area contributed by atoms with Gasteiger partial charge in [-0.3, -0.25) is 0 Å². The first-order chi connectivity index (χ1) is 6.18. The molecule has 0 saturated heterocycles. The third-order valence-electron chi connectivity index (χ3n) is 1.61. The largest absolute Gasteiger partial charge is 0.336 e. The zero-order valence-corrected chi connectivity index (χ0v) is 8.60. The van der Waals surface area contributed by atoms with Crippen molar-refractivity contribution in [1.29, 1.82) is 0 Å². The lowest BCUT2D eigenvalue weighted by Gasteiger charge is -2.01. The molecule has 0 aliphatic heterocycles. The van der Waals surface area contributed by atoms with Crippen LogP contribution in [0.2, 0.25) is 0 Å². The van der Waals surface area contributed by atoms with E-state index in [9.17, 15) is 4.79 Å². The number of carbonyl (C=O) groups is 1. The molecule has 0 aliphatic carbocycles. The van der Waals surface area contributed by atoms with Crippen LogP contribution < -0.4 is 11.1 Å². The van der Waals surface area contributed by atoms with E-state index in [1.807, 2.05) is 24.3 Å². The van der Waals surface area contributed by atoms with Crippen LogP contribution in [-0.4, -0.2) is 12.6 Å². The Morgan fingerprint density at radius 1 is 1.38 bits per heavy atom. The fourth-order valence-electron chi connectivity index (χ4n) is 0.971. The summed E-state index contributed by atoms with van der Waals surface area (Å²) in [5.74, 6) is 0. The second kappa shape index (κ2) is 4.87. The van der Waals surface area contributed by atoms with Crippen molar-refractivity contribution in [2.24, 2.45) is 0 Å². The van der Waals surface area contributed by atoms with Gasteiger partial charge in [-0.2, -0.15) is 0 Å². The third kappa shape index (κ3) is 3.94. The predicted octanol–water partition coefficient (Wildman–Crippen LogP) is 1.98. The van der Waals surface area contributed by atoms with E-state index in [4.69, 9.17) is 5.73 Å². The van der Waals surface area contributed by atoms with Crippen molar-refractivity contribution >= 4 is 22.0 Å². The summed E-state index contributed by atoms with van der Waals surface area (Å²) in [6, 6.07) is 7.16. The highest BCUT2D eigenvalue weighted by atomic mass is 79.9. The summed E-state index contributed by atoms with van der Waals surface area (Å²) >= 11 is 3.34. The average molecular weight is 242 g/mol. The Labute approximate surface area is 85.4 Å². The number of hydrogen-bond acceptors (Lipinski definition) is 1. The van der Waals surface area contributed by atoms with E-state index >= 15 is 0 Å². The lowest BCUT2D eigenvalue weighted by atomic mass is 10.1. The van der Waals surface area contributed by atoms with Crippen molar-refractivity contribution in [1.82, 2.24) is 11.1 Å². The SMILES string of the molecule is [NH]C(=O)NCCc1ccc(Br)cc1. The van der Waals surface area contributed by atoms with Crippen LogP contribution in [0.1, 0.15) is 5.56 Å². The molecule has 2 N–H and O–H groups in total. The fraction of sp³-hybridized carbons (Fsp3) is 0.222. The number of carbonyl (C=O) groups excluding carboxylic acids is 1. The van der Waals surface area contributed by atoms with E-state index in [0.717, 1.165) is 16.5 Å². The van der Waals surface area contributed by atoms with Gasteiger partial charge in [0.05, 0.1) is 0 Å². The van der Waals surface area contributed by atoms with Crippen molar-refractivity contribution in [2.75, 3.05) is 6.54 Å². The molecule has 1 aromatic carbocycles. The normalized spacial score (nSPS) is 9.62. The second-order valence-electron chi connectivity index (χ2n) is 2.63. The Morgan fingerprint density at radius 2 is 2.00 bits per heavy atom. The molecule has 0 atom stereocenters. The number of nitrogens with one attached hydrogen (secondary N) is 2. The van der Waals surface area contributed by atoms with Gasteiger partial charge in [-0.1, -0.05) is 28.1 Å². The molecule has 1 aromatic rings. The van der Waals surface area contributed by atoms with Gasteiger partial charge in [-0.25, -0.2) is 10.5 Å². The molecule has 4 heteroatoms. The van der Waals surface area contributed by atoms with Crippen LogP contribution in [0.5, 0.6) is 0 Å². The number of urea groups is 1. The lowest BCUT2D eigenvalue weighted by Crippen LogP contribution is -2.24. The summed E-state index contributed by atoms with van der Waals surface area (Å²) in [5, 5.41) is 2.42. The number of amides is 2. The molecule has 1 radical (unpaired) electrons. The highest BCUT2D eigenvalue weighted by molar-refractivity contribution is 9.10. The summed E-state index contributed by atoms with van der Waals surface area (Å²) in [4.78, 5) is 10.2. The lowest BCUT2D eigenvalue weighted by molar-refractivity contribution is 0.248. The van der Waals surface area contributed by atoms with Crippen LogP contribution >= 0.6 is 15.9 Å². The highest BCUT2D eigenvalue weighted by Crippen LogP contribution is 2.10. The van der Waals surface area contributed by atoms with Gasteiger partial charge >= 0.3 is 6.03 Å². The molecule has 13 heavy (non-hydrogen) atoms. The third-order valence-corrected chi connectivity index (χ3v) is 2.14. The van der Waals surface area contributed by atoms with E-state index < -0.39 is 6.03 Å². The smallest absolute Gasteiger partial charge is 0.333 e. The summed E-state index contributed by atoms with van der Waals surface area (Å²) in [6.07, 6.45) is 0.762. The highest BCUT2D eigenvalue weighted by Gasteiger charge is 1.94. The minimum absolute atomic E-state index is 0.518. The van der Waals surface area contributed by atoms with E-state index in [-0.39, 0.29) is 0 Å². The molecule has 0 spiro atoms. The topological polar surface area (TPSA) is 52.9 Å². The zero-order chi connectivity index (χ0) is 9.68. The maximum Gasteiger partial charge on any atom is 0.333 e. The molecule has 1 rings (SSSR count). The molecule has 69 valence electrons. The maximum atomic E-state index is 10.2. The molecule has 0 aliphatic rings. The van der Waals surface area contributed by atoms with Crippen molar-refractivity contribution in [3.05, 3.63) is 34.3 Å². The van der Waals surface area contributed by atoms with Crippen LogP contribution in [0.25, 0.3) is 0 Å². The number of benzene rings is 1. The second-order valence-corrected chi connectivity index (χ2v) is 3.55. The molecule has 0 unspecified atom stereocenters. The minimum Gasteiger partial charge on any atom is -0.336 e. The van der Waals surface area contributed by atoms with Crippen molar-refractivity contribution < 1.29 is 4.79 Å². The van der Waals surface area contributed by atoms with Gasteiger partial charge in [0.25, 0.3) is 0 Å². The molecular formula is C9H10BrN2O. The van der Waals surface area contributed by atoms with Gasteiger partial charge in [-0.15, -0.1) is 0 Å². The van der Waals surface area contributed by atoms with Gasteiger partial charge in [0.15, 0.2) is 0 Å². The zero-order valence-electron chi connectivity index (χ0n) is 7.01. The quantitative estimate of drug-likeness (QED) is 0.865. The van der Waals surface area contributed by atoms with Crippen molar-refractivity contribution in [3.8, 4) is 0 Å². The monoisotopic (exact) mass is 241 g/mol. The maximum absolute atomic E-state index is 10.2. The Morgan fingerprint density at radius 3 is 2.54 bits per heavy atom. The number of hydrogen-bond donors (Lipinski definition) is 1. The first-order valence-corrected chi connectivity index (χ1v) is 4.71. The van der Waals surface area contributed by atoms with Gasteiger partial charge in [0, 0.05) is 11.0 Å². The predicted molar refractivity (Wildman–Crippen MR) is 54.3 cm³/mol. The molecule has 0 heterocycles. The first-order valence-electron chi connectivity index (χ1n) is 3.92. The van der Waals surface area contributed by atoms with Crippen LogP contribution in [-0.2, 0) is 6.42 Å². The Kier molecular flexibility index (Phi) is 3.76. The van der Waals surface area contributed by atoms with Crippen molar-refractivity contribution in [3.63, 3.8) is 0 Å². The Hall–Kier alpha value is -1.03. The first kappa shape index (κ1) is 10.1. The number of rotatable bonds is 3. The van der Waals surface area contributed by atoms with E-state index in [1.54, 1.807) is 0 Å². The molecule has 3 nitrogen and oxygen atoms in total. The van der Waals surface area contributed by atoms with Crippen LogP contribution in [0.15, 0.2) is 28.7 Å². The minimum atomic E-state index is -0.725. The van der Waals surface area contributed by atoms with Crippen LogP contribution in [0, 0.1) is 0 Å². The molecule has 0 bridgehead atoms. The van der Waals surface area contributed by atoms with Crippen molar-refractivity contribution in [2.45, 2.75) is 6.42 Å². The molecule has 2 amide bonds. The van der Waals surface area contributed by atoms with Gasteiger partial charge in [0.1, 0.15) is 0 Å². The van der Waals surface area contributed by atoms with Gasteiger partial charge in [-0.05, 0) is 24.1 Å². The van der Waals surface area contributed by atoms with Crippen LogP contribution in [0.4, 0.5) is 4.79 Å². The Balaban J connectivity index is 2.37. The molecule has 0 aromatic heterocycles. The molecule has 0 saturated carbocycles. The standard InChI is InChI=1S/C9H10BrN2O/c10-8-3-1-7(2-4-8)5-6-12-9(11)13/h1-4,11H,5-6H2,(H,12,13). The van der Waals surface area contributed by atoms with E-state index in [1.165, 1.54) is 0 Å². The number of halogens is 1. The fourth-order valence-corrected chi connectivity index (χ4v) is 1.24. The molecule has 0 fully saturated rings. The van der Waals surface area contributed by atoms with Gasteiger partial charge < -0.3 is 5.32 Å². The Bertz CT molecular complexity index is 284. The average Bonchev–Trinajstić information content (AvgIpc) is 2.08. The summed E-state index contributed by atoms with van der Waals surface area (Å²) < 4.78 is 1.04.